The Hall–Kier alpha value is -1.83. The zero-order valence-corrected chi connectivity index (χ0v) is 10.4. The highest BCUT2D eigenvalue weighted by atomic mass is 16.1. The maximum absolute atomic E-state index is 12.1. The molecule has 0 heterocycles. The van der Waals surface area contributed by atoms with Gasteiger partial charge in [-0.15, -0.1) is 0 Å². The summed E-state index contributed by atoms with van der Waals surface area (Å²) in [6, 6.07) is 12.1. The highest BCUT2D eigenvalue weighted by Gasteiger charge is 2.11. The van der Waals surface area contributed by atoms with Gasteiger partial charge >= 0.3 is 0 Å². The molecule has 88 valence electrons. The van der Waals surface area contributed by atoms with Crippen molar-refractivity contribution in [3.05, 3.63) is 47.5 Å². The molecule has 0 aliphatic carbocycles. The third kappa shape index (κ3) is 2.31. The van der Waals surface area contributed by atoms with Crippen LogP contribution in [0.2, 0.25) is 0 Å². The molecule has 1 N–H and O–H groups in total. The average Bonchev–Trinajstić information content (AvgIpc) is 2.28. The highest BCUT2D eigenvalue weighted by Crippen LogP contribution is 2.22. The minimum atomic E-state index is -0.0000926. The molecule has 0 radical (unpaired) electrons. The minimum absolute atomic E-state index is 0.0000926. The standard InChI is InChI=1S/C15H17NO/c1-10(2)16-15(17)13-9-5-8-12-7-4-6-11(3)14(12)13/h4-10H,1-3H3,(H,16,17). The molecule has 0 saturated carbocycles. The summed E-state index contributed by atoms with van der Waals surface area (Å²) in [6.45, 7) is 5.97. The number of hydrogen-bond donors (Lipinski definition) is 1. The first-order valence-corrected chi connectivity index (χ1v) is 5.89. The Bertz CT molecular complexity index is 553. The quantitative estimate of drug-likeness (QED) is 0.838. The fourth-order valence-corrected chi connectivity index (χ4v) is 2.06. The maximum Gasteiger partial charge on any atom is 0.252 e. The molecule has 0 fully saturated rings. The van der Waals surface area contributed by atoms with Crippen molar-refractivity contribution in [1.82, 2.24) is 5.32 Å². The van der Waals surface area contributed by atoms with Gasteiger partial charge in [0.2, 0.25) is 0 Å². The van der Waals surface area contributed by atoms with Crippen LogP contribution in [0.3, 0.4) is 0 Å². The lowest BCUT2D eigenvalue weighted by Gasteiger charge is -2.12. The van der Waals surface area contributed by atoms with E-state index >= 15 is 0 Å². The number of carbonyl (C=O) groups is 1. The van der Waals surface area contributed by atoms with Gasteiger partial charge in [0.15, 0.2) is 0 Å². The monoisotopic (exact) mass is 227 g/mol. The number of nitrogens with one attached hydrogen (secondary N) is 1. The second-order valence-electron chi connectivity index (χ2n) is 4.61. The van der Waals surface area contributed by atoms with Crippen LogP contribution in [0.25, 0.3) is 10.8 Å². The first kappa shape index (κ1) is 11.6. The van der Waals surface area contributed by atoms with Crippen LogP contribution >= 0.6 is 0 Å². The third-order valence-corrected chi connectivity index (χ3v) is 2.78. The van der Waals surface area contributed by atoms with E-state index < -0.39 is 0 Å². The Balaban J connectivity index is 2.58. The summed E-state index contributed by atoms with van der Waals surface area (Å²) in [7, 11) is 0. The van der Waals surface area contributed by atoms with Gasteiger partial charge in [-0.1, -0.05) is 30.3 Å². The van der Waals surface area contributed by atoms with Crippen LogP contribution in [0.1, 0.15) is 29.8 Å². The van der Waals surface area contributed by atoms with E-state index in [1.807, 2.05) is 57.2 Å². The zero-order valence-electron chi connectivity index (χ0n) is 10.4. The van der Waals surface area contributed by atoms with Crippen LogP contribution < -0.4 is 5.32 Å². The van der Waals surface area contributed by atoms with Crippen molar-refractivity contribution in [3.8, 4) is 0 Å². The molecule has 1 amide bonds. The van der Waals surface area contributed by atoms with Gasteiger partial charge in [0.25, 0.3) is 5.91 Å². The van der Waals surface area contributed by atoms with Gasteiger partial charge in [0.05, 0.1) is 0 Å². The molecule has 0 aliphatic rings. The van der Waals surface area contributed by atoms with Crippen LogP contribution in [-0.2, 0) is 0 Å². The van der Waals surface area contributed by atoms with Crippen LogP contribution in [0.15, 0.2) is 36.4 Å². The number of rotatable bonds is 2. The molecule has 2 heteroatoms. The summed E-state index contributed by atoms with van der Waals surface area (Å²) in [6.07, 6.45) is 0. The molecule has 0 atom stereocenters. The van der Waals surface area contributed by atoms with Crippen molar-refractivity contribution in [2.24, 2.45) is 0 Å². The Morgan fingerprint density at radius 2 is 1.76 bits per heavy atom. The van der Waals surface area contributed by atoms with Crippen molar-refractivity contribution in [3.63, 3.8) is 0 Å². The number of benzene rings is 2. The first-order valence-electron chi connectivity index (χ1n) is 5.89. The van der Waals surface area contributed by atoms with Gasteiger partial charge < -0.3 is 5.32 Å². The minimum Gasteiger partial charge on any atom is -0.350 e. The normalized spacial score (nSPS) is 10.8. The Labute approximate surface area is 102 Å². The van der Waals surface area contributed by atoms with Crippen LogP contribution in [0.5, 0.6) is 0 Å². The summed E-state index contributed by atoms with van der Waals surface area (Å²) >= 11 is 0. The molecule has 2 nitrogen and oxygen atoms in total. The summed E-state index contributed by atoms with van der Waals surface area (Å²) in [5.41, 5.74) is 1.89. The van der Waals surface area contributed by atoms with E-state index in [-0.39, 0.29) is 11.9 Å². The summed E-state index contributed by atoms with van der Waals surface area (Å²) in [5.74, 6) is -0.0000926. The molecule has 0 saturated heterocycles. The second kappa shape index (κ2) is 4.58. The van der Waals surface area contributed by atoms with Crippen molar-refractivity contribution in [2.75, 3.05) is 0 Å². The molecule has 2 rings (SSSR count). The van der Waals surface area contributed by atoms with E-state index in [1.165, 1.54) is 0 Å². The Morgan fingerprint density at radius 1 is 1.12 bits per heavy atom. The Morgan fingerprint density at radius 3 is 2.41 bits per heavy atom. The molecule has 0 spiro atoms. The van der Waals surface area contributed by atoms with Gasteiger partial charge in [0.1, 0.15) is 0 Å². The van der Waals surface area contributed by atoms with Crippen LogP contribution in [-0.4, -0.2) is 11.9 Å². The number of hydrogen-bond acceptors (Lipinski definition) is 1. The van der Waals surface area contributed by atoms with Crippen molar-refractivity contribution < 1.29 is 4.79 Å². The number of aryl methyl sites for hydroxylation is 1. The molecule has 0 aromatic heterocycles. The molecule has 0 unspecified atom stereocenters. The predicted molar refractivity (Wildman–Crippen MR) is 71.3 cm³/mol. The van der Waals surface area contributed by atoms with E-state index in [4.69, 9.17) is 0 Å². The molecule has 0 aliphatic heterocycles. The number of amides is 1. The smallest absolute Gasteiger partial charge is 0.252 e. The molecule has 2 aromatic carbocycles. The highest BCUT2D eigenvalue weighted by molar-refractivity contribution is 6.08. The van der Waals surface area contributed by atoms with E-state index in [1.54, 1.807) is 0 Å². The number of carbonyl (C=O) groups excluding carboxylic acids is 1. The molecule has 17 heavy (non-hydrogen) atoms. The average molecular weight is 227 g/mol. The van der Waals surface area contributed by atoms with Gasteiger partial charge in [-0.25, -0.2) is 0 Å². The van der Waals surface area contributed by atoms with Crippen LogP contribution in [0, 0.1) is 6.92 Å². The largest absolute Gasteiger partial charge is 0.350 e. The van der Waals surface area contributed by atoms with Crippen molar-refractivity contribution in [1.29, 1.82) is 0 Å². The lowest BCUT2D eigenvalue weighted by Crippen LogP contribution is -2.30. The summed E-state index contributed by atoms with van der Waals surface area (Å²) in [5, 5.41) is 5.10. The van der Waals surface area contributed by atoms with Gasteiger partial charge in [0, 0.05) is 11.6 Å². The predicted octanol–water partition coefficient (Wildman–Crippen LogP) is 3.29. The molecule has 0 bridgehead atoms. The summed E-state index contributed by atoms with van der Waals surface area (Å²) < 4.78 is 0. The van der Waals surface area contributed by atoms with E-state index in [2.05, 4.69) is 5.32 Å². The third-order valence-electron chi connectivity index (χ3n) is 2.78. The van der Waals surface area contributed by atoms with Crippen molar-refractivity contribution in [2.45, 2.75) is 26.8 Å². The van der Waals surface area contributed by atoms with Gasteiger partial charge in [-0.2, -0.15) is 0 Å². The topological polar surface area (TPSA) is 29.1 Å². The fourth-order valence-electron chi connectivity index (χ4n) is 2.06. The summed E-state index contributed by atoms with van der Waals surface area (Å²) in [4.78, 5) is 12.1. The van der Waals surface area contributed by atoms with Crippen molar-refractivity contribution >= 4 is 16.7 Å². The lowest BCUT2D eigenvalue weighted by atomic mass is 9.99. The van der Waals surface area contributed by atoms with Crippen LogP contribution in [0.4, 0.5) is 0 Å². The Kier molecular flexibility index (Phi) is 3.14. The zero-order chi connectivity index (χ0) is 12.4. The molecular formula is C15H17NO. The van der Waals surface area contributed by atoms with Gasteiger partial charge in [-0.3, -0.25) is 4.79 Å². The maximum atomic E-state index is 12.1. The van der Waals surface area contributed by atoms with Gasteiger partial charge in [-0.05, 0) is 43.2 Å². The SMILES string of the molecule is Cc1cccc2cccc(C(=O)NC(C)C)c12. The lowest BCUT2D eigenvalue weighted by molar-refractivity contribution is 0.0945. The fraction of sp³-hybridized carbons (Fsp3) is 0.267. The van der Waals surface area contributed by atoms with E-state index in [9.17, 15) is 4.79 Å². The molecular weight excluding hydrogens is 210 g/mol. The van der Waals surface area contributed by atoms with E-state index in [0.29, 0.717) is 0 Å². The first-order chi connectivity index (χ1) is 8.09. The number of fused-ring (bicyclic) bond motifs is 1. The molecule has 2 aromatic rings. The van der Waals surface area contributed by atoms with E-state index in [0.717, 1.165) is 21.9 Å². The second-order valence-corrected chi connectivity index (χ2v) is 4.61.